The van der Waals surface area contributed by atoms with E-state index in [9.17, 15) is 4.79 Å². The van der Waals surface area contributed by atoms with Crippen LogP contribution in [0.5, 0.6) is 0 Å². The summed E-state index contributed by atoms with van der Waals surface area (Å²) in [5, 5.41) is 15.1. The Labute approximate surface area is 140 Å². The summed E-state index contributed by atoms with van der Waals surface area (Å²) in [5.74, 6) is -0.179. The van der Waals surface area contributed by atoms with Gasteiger partial charge in [0.15, 0.2) is 0 Å². The van der Waals surface area contributed by atoms with Crippen LogP contribution in [0.3, 0.4) is 0 Å². The van der Waals surface area contributed by atoms with Gasteiger partial charge in [0.25, 0.3) is 5.91 Å². The molecule has 3 aromatic rings. The summed E-state index contributed by atoms with van der Waals surface area (Å²) in [6.07, 6.45) is 4.13. The van der Waals surface area contributed by atoms with E-state index in [4.69, 9.17) is 0 Å². The highest BCUT2D eigenvalue weighted by Crippen LogP contribution is 2.22. The zero-order valence-corrected chi connectivity index (χ0v) is 14.0. The molecule has 0 unspecified atom stereocenters. The van der Waals surface area contributed by atoms with Crippen LogP contribution in [0.15, 0.2) is 36.9 Å². The first-order valence-corrected chi connectivity index (χ1v) is 7.91. The molecule has 124 valence electrons. The number of benzene rings is 1. The SMILES string of the molecule is CCCn1nc(C)c(NC(=O)c2ccccc2-n2cnnc2)c1C. The van der Waals surface area contributed by atoms with Gasteiger partial charge in [-0.05, 0) is 32.4 Å². The summed E-state index contributed by atoms with van der Waals surface area (Å²) >= 11 is 0. The van der Waals surface area contributed by atoms with E-state index in [1.165, 1.54) is 0 Å². The van der Waals surface area contributed by atoms with Crippen LogP contribution in [-0.4, -0.2) is 30.5 Å². The number of hydrogen-bond donors (Lipinski definition) is 1. The van der Waals surface area contributed by atoms with Crippen LogP contribution in [0.4, 0.5) is 5.69 Å². The van der Waals surface area contributed by atoms with Crippen molar-refractivity contribution in [2.45, 2.75) is 33.7 Å². The van der Waals surface area contributed by atoms with E-state index in [0.717, 1.165) is 35.7 Å². The largest absolute Gasteiger partial charge is 0.319 e. The van der Waals surface area contributed by atoms with E-state index in [2.05, 4.69) is 27.5 Å². The smallest absolute Gasteiger partial charge is 0.257 e. The highest BCUT2D eigenvalue weighted by molar-refractivity contribution is 6.07. The Morgan fingerprint density at radius 1 is 1.17 bits per heavy atom. The van der Waals surface area contributed by atoms with Crippen LogP contribution >= 0.6 is 0 Å². The molecule has 0 fully saturated rings. The lowest BCUT2D eigenvalue weighted by atomic mass is 10.1. The van der Waals surface area contributed by atoms with Gasteiger partial charge < -0.3 is 5.32 Å². The molecule has 2 aromatic heterocycles. The van der Waals surface area contributed by atoms with Crippen LogP contribution < -0.4 is 5.32 Å². The minimum Gasteiger partial charge on any atom is -0.319 e. The Balaban J connectivity index is 1.92. The lowest BCUT2D eigenvalue weighted by molar-refractivity contribution is 0.102. The zero-order chi connectivity index (χ0) is 17.1. The fraction of sp³-hybridized carbons (Fsp3) is 0.294. The van der Waals surface area contributed by atoms with Crippen LogP contribution in [0, 0.1) is 13.8 Å². The number of hydrogen-bond acceptors (Lipinski definition) is 4. The quantitative estimate of drug-likeness (QED) is 0.783. The molecular formula is C17H20N6O. The van der Waals surface area contributed by atoms with E-state index >= 15 is 0 Å². The summed E-state index contributed by atoms with van der Waals surface area (Å²) in [5.41, 5.74) is 3.84. The number of rotatable bonds is 5. The van der Waals surface area contributed by atoms with Crippen molar-refractivity contribution >= 4 is 11.6 Å². The average Bonchev–Trinajstić information content (AvgIpc) is 3.20. The Bertz CT molecular complexity index is 850. The molecule has 0 spiro atoms. The molecule has 1 amide bonds. The Morgan fingerprint density at radius 2 is 1.88 bits per heavy atom. The van der Waals surface area contributed by atoms with Crippen molar-refractivity contribution in [3.63, 3.8) is 0 Å². The topological polar surface area (TPSA) is 77.6 Å². The van der Waals surface area contributed by atoms with E-state index in [-0.39, 0.29) is 5.91 Å². The lowest BCUT2D eigenvalue weighted by Gasteiger charge is -2.10. The lowest BCUT2D eigenvalue weighted by Crippen LogP contribution is -2.16. The molecule has 24 heavy (non-hydrogen) atoms. The molecule has 0 aliphatic carbocycles. The molecule has 0 aliphatic rings. The molecule has 0 radical (unpaired) electrons. The van der Waals surface area contributed by atoms with Crippen molar-refractivity contribution in [3.05, 3.63) is 53.9 Å². The van der Waals surface area contributed by atoms with Crippen LogP contribution in [0.25, 0.3) is 5.69 Å². The molecule has 0 atom stereocenters. The third-order valence-electron chi connectivity index (χ3n) is 3.90. The second kappa shape index (κ2) is 6.66. The van der Waals surface area contributed by atoms with Gasteiger partial charge >= 0.3 is 0 Å². The molecule has 0 bridgehead atoms. The van der Waals surface area contributed by atoms with Gasteiger partial charge in [-0.15, -0.1) is 10.2 Å². The summed E-state index contributed by atoms with van der Waals surface area (Å²) in [4.78, 5) is 12.8. The van der Waals surface area contributed by atoms with E-state index < -0.39 is 0 Å². The van der Waals surface area contributed by atoms with Gasteiger partial charge in [-0.25, -0.2) is 0 Å². The van der Waals surface area contributed by atoms with Gasteiger partial charge in [-0.1, -0.05) is 19.1 Å². The van der Waals surface area contributed by atoms with Crippen molar-refractivity contribution < 1.29 is 4.79 Å². The van der Waals surface area contributed by atoms with Gasteiger partial charge in [0, 0.05) is 6.54 Å². The maximum absolute atomic E-state index is 12.8. The van der Waals surface area contributed by atoms with E-state index in [1.807, 2.05) is 36.7 Å². The molecule has 7 nitrogen and oxygen atoms in total. The Hall–Kier alpha value is -2.96. The minimum atomic E-state index is -0.179. The average molecular weight is 324 g/mol. The second-order valence-corrected chi connectivity index (χ2v) is 5.61. The first kappa shape index (κ1) is 15.9. The normalized spacial score (nSPS) is 10.8. The summed E-state index contributed by atoms with van der Waals surface area (Å²) in [6, 6.07) is 7.36. The molecular weight excluding hydrogens is 304 g/mol. The van der Waals surface area contributed by atoms with Gasteiger partial charge in [-0.3, -0.25) is 14.0 Å². The van der Waals surface area contributed by atoms with Crippen molar-refractivity contribution in [1.82, 2.24) is 24.5 Å². The first-order chi connectivity index (χ1) is 11.6. The number of aromatic nitrogens is 5. The summed E-state index contributed by atoms with van der Waals surface area (Å²) < 4.78 is 3.64. The van der Waals surface area contributed by atoms with Gasteiger partial charge in [0.2, 0.25) is 0 Å². The molecule has 0 saturated heterocycles. The van der Waals surface area contributed by atoms with Crippen molar-refractivity contribution in [2.24, 2.45) is 0 Å². The van der Waals surface area contributed by atoms with Gasteiger partial charge in [0.1, 0.15) is 12.7 Å². The molecule has 1 N–H and O–H groups in total. The van der Waals surface area contributed by atoms with Gasteiger partial charge in [-0.2, -0.15) is 5.10 Å². The summed E-state index contributed by atoms with van der Waals surface area (Å²) in [6.45, 7) is 6.81. The molecule has 1 aromatic carbocycles. The standard InChI is InChI=1S/C17H20N6O/c1-4-9-23-13(3)16(12(2)21-23)20-17(24)14-7-5-6-8-15(14)22-10-18-19-11-22/h5-8,10-11H,4,9H2,1-3H3,(H,20,24). The number of amides is 1. The molecule has 0 saturated carbocycles. The van der Waals surface area contributed by atoms with Crippen molar-refractivity contribution in [3.8, 4) is 5.69 Å². The Morgan fingerprint density at radius 3 is 2.58 bits per heavy atom. The van der Waals surface area contributed by atoms with Crippen LogP contribution in [0.1, 0.15) is 35.1 Å². The Kier molecular flexibility index (Phi) is 4.41. The molecule has 3 rings (SSSR count). The van der Waals surface area contributed by atoms with Crippen molar-refractivity contribution in [1.29, 1.82) is 0 Å². The number of para-hydroxylation sites is 1. The first-order valence-electron chi connectivity index (χ1n) is 7.91. The molecule has 2 heterocycles. The van der Waals surface area contributed by atoms with Gasteiger partial charge in [0.05, 0.1) is 28.3 Å². The zero-order valence-electron chi connectivity index (χ0n) is 14.0. The highest BCUT2D eigenvalue weighted by Gasteiger charge is 2.17. The predicted molar refractivity (Wildman–Crippen MR) is 91.3 cm³/mol. The number of nitrogens with one attached hydrogen (secondary N) is 1. The number of anilines is 1. The monoisotopic (exact) mass is 324 g/mol. The summed E-state index contributed by atoms with van der Waals surface area (Å²) in [7, 11) is 0. The maximum Gasteiger partial charge on any atom is 0.257 e. The molecule has 0 aliphatic heterocycles. The van der Waals surface area contributed by atoms with E-state index in [1.54, 1.807) is 23.3 Å². The number of aryl methyl sites for hydroxylation is 2. The highest BCUT2D eigenvalue weighted by atomic mass is 16.1. The third kappa shape index (κ3) is 2.92. The number of carbonyl (C=O) groups excluding carboxylic acids is 1. The van der Waals surface area contributed by atoms with E-state index in [0.29, 0.717) is 5.56 Å². The second-order valence-electron chi connectivity index (χ2n) is 5.61. The van der Waals surface area contributed by atoms with Crippen LogP contribution in [-0.2, 0) is 6.54 Å². The molecule has 7 heteroatoms. The number of nitrogens with zero attached hydrogens (tertiary/aromatic N) is 5. The third-order valence-corrected chi connectivity index (χ3v) is 3.90. The number of carbonyl (C=O) groups is 1. The fourth-order valence-electron chi connectivity index (χ4n) is 2.70. The predicted octanol–water partition coefficient (Wildman–Crippen LogP) is 2.74. The minimum absolute atomic E-state index is 0.179. The van der Waals surface area contributed by atoms with Crippen molar-refractivity contribution in [2.75, 3.05) is 5.32 Å². The van der Waals surface area contributed by atoms with Crippen LogP contribution in [0.2, 0.25) is 0 Å². The maximum atomic E-state index is 12.8. The fourth-order valence-corrected chi connectivity index (χ4v) is 2.70.